The Bertz CT molecular complexity index is 554. The van der Waals surface area contributed by atoms with E-state index in [2.05, 4.69) is 36.5 Å². The number of hydrogen-bond acceptors (Lipinski definition) is 2. The van der Waals surface area contributed by atoms with Crippen LogP contribution in [-0.2, 0) is 13.0 Å². The molecule has 2 rings (SSSR count). The molecule has 0 amide bonds. The van der Waals surface area contributed by atoms with E-state index in [0.717, 1.165) is 28.4 Å². The molecule has 0 spiro atoms. The molecular weight excluding hydrogens is 258 g/mol. The minimum Gasteiger partial charge on any atom is -0.496 e. The third-order valence-electron chi connectivity index (χ3n) is 3.10. The van der Waals surface area contributed by atoms with E-state index >= 15 is 0 Å². The Labute approximate surface area is 119 Å². The summed E-state index contributed by atoms with van der Waals surface area (Å²) in [6.45, 7) is 2.80. The van der Waals surface area contributed by atoms with Gasteiger partial charge in [0.25, 0.3) is 0 Å². The van der Waals surface area contributed by atoms with Gasteiger partial charge in [-0.05, 0) is 36.2 Å². The van der Waals surface area contributed by atoms with Gasteiger partial charge in [0.15, 0.2) is 0 Å². The van der Waals surface area contributed by atoms with E-state index in [0.29, 0.717) is 6.54 Å². The maximum absolute atomic E-state index is 6.21. The Kier molecular flexibility index (Phi) is 4.69. The number of nitrogens with one attached hydrogen (secondary N) is 1. The number of halogens is 1. The molecule has 19 heavy (non-hydrogen) atoms. The van der Waals surface area contributed by atoms with Crippen molar-refractivity contribution in [1.82, 2.24) is 0 Å². The Morgan fingerprint density at radius 3 is 2.68 bits per heavy atom. The van der Waals surface area contributed by atoms with E-state index in [9.17, 15) is 0 Å². The van der Waals surface area contributed by atoms with Crippen molar-refractivity contribution in [2.45, 2.75) is 19.9 Å². The van der Waals surface area contributed by atoms with Gasteiger partial charge in [0, 0.05) is 22.8 Å². The minimum absolute atomic E-state index is 0.649. The highest BCUT2D eigenvalue weighted by molar-refractivity contribution is 6.31. The summed E-state index contributed by atoms with van der Waals surface area (Å²) in [6.07, 6.45) is 1.03. The standard InChI is InChI=1S/C16H18ClNO/c1-3-12-6-4-7-13(10-12)18-11-14-15(17)8-5-9-16(14)19-2/h4-10,18H,3,11H2,1-2H3. The van der Waals surface area contributed by atoms with Crippen LogP contribution in [0.15, 0.2) is 42.5 Å². The van der Waals surface area contributed by atoms with Crippen LogP contribution in [0.25, 0.3) is 0 Å². The number of rotatable bonds is 5. The highest BCUT2D eigenvalue weighted by Crippen LogP contribution is 2.27. The minimum atomic E-state index is 0.649. The highest BCUT2D eigenvalue weighted by atomic mass is 35.5. The Morgan fingerprint density at radius 1 is 1.16 bits per heavy atom. The molecule has 3 heteroatoms. The average molecular weight is 276 g/mol. The SMILES string of the molecule is CCc1cccc(NCc2c(Cl)cccc2OC)c1. The molecule has 0 radical (unpaired) electrons. The van der Waals surface area contributed by atoms with Gasteiger partial charge in [-0.25, -0.2) is 0 Å². The van der Waals surface area contributed by atoms with E-state index in [-0.39, 0.29) is 0 Å². The molecule has 2 aromatic rings. The quantitative estimate of drug-likeness (QED) is 0.866. The van der Waals surface area contributed by atoms with Crippen LogP contribution in [-0.4, -0.2) is 7.11 Å². The summed E-state index contributed by atoms with van der Waals surface area (Å²) in [6, 6.07) is 14.1. The normalized spacial score (nSPS) is 10.3. The second-order valence-corrected chi connectivity index (χ2v) is 4.74. The van der Waals surface area contributed by atoms with Crippen LogP contribution in [0.4, 0.5) is 5.69 Å². The second kappa shape index (κ2) is 6.48. The zero-order valence-electron chi connectivity index (χ0n) is 11.2. The monoisotopic (exact) mass is 275 g/mol. The van der Waals surface area contributed by atoms with Gasteiger partial charge in [0.2, 0.25) is 0 Å². The van der Waals surface area contributed by atoms with Crippen LogP contribution in [0.2, 0.25) is 5.02 Å². The van der Waals surface area contributed by atoms with Crippen LogP contribution in [0.5, 0.6) is 5.75 Å². The summed E-state index contributed by atoms with van der Waals surface area (Å²) in [5.74, 6) is 0.812. The third kappa shape index (κ3) is 3.42. The average Bonchev–Trinajstić information content (AvgIpc) is 2.46. The second-order valence-electron chi connectivity index (χ2n) is 4.33. The van der Waals surface area contributed by atoms with Crippen LogP contribution in [0.3, 0.4) is 0 Å². The highest BCUT2D eigenvalue weighted by Gasteiger charge is 2.07. The van der Waals surface area contributed by atoms with Gasteiger partial charge in [-0.1, -0.05) is 36.7 Å². The molecule has 1 N–H and O–H groups in total. The molecule has 0 bridgehead atoms. The molecule has 0 aliphatic carbocycles. The van der Waals surface area contributed by atoms with E-state index < -0.39 is 0 Å². The molecule has 0 saturated heterocycles. The summed E-state index contributed by atoms with van der Waals surface area (Å²) in [4.78, 5) is 0. The lowest BCUT2D eigenvalue weighted by Gasteiger charge is -2.12. The Balaban J connectivity index is 2.14. The molecule has 0 unspecified atom stereocenters. The maximum Gasteiger partial charge on any atom is 0.125 e. The van der Waals surface area contributed by atoms with Crippen molar-refractivity contribution in [3.63, 3.8) is 0 Å². The summed E-state index contributed by atoms with van der Waals surface area (Å²) >= 11 is 6.21. The van der Waals surface area contributed by atoms with E-state index in [1.807, 2.05) is 18.2 Å². The summed E-state index contributed by atoms with van der Waals surface area (Å²) in [5, 5.41) is 4.11. The van der Waals surface area contributed by atoms with Crippen LogP contribution in [0, 0.1) is 0 Å². The molecule has 100 valence electrons. The molecule has 2 aromatic carbocycles. The van der Waals surface area contributed by atoms with Gasteiger partial charge >= 0.3 is 0 Å². The van der Waals surface area contributed by atoms with Gasteiger partial charge in [-0.2, -0.15) is 0 Å². The first-order valence-electron chi connectivity index (χ1n) is 6.38. The maximum atomic E-state index is 6.21. The van der Waals surface area contributed by atoms with Gasteiger partial charge in [-0.15, -0.1) is 0 Å². The fourth-order valence-corrected chi connectivity index (χ4v) is 2.23. The lowest BCUT2D eigenvalue weighted by Crippen LogP contribution is -2.02. The van der Waals surface area contributed by atoms with Crippen LogP contribution in [0.1, 0.15) is 18.1 Å². The molecule has 0 aliphatic heterocycles. The van der Waals surface area contributed by atoms with Gasteiger partial charge in [-0.3, -0.25) is 0 Å². The van der Waals surface area contributed by atoms with Crippen molar-refractivity contribution in [3.05, 3.63) is 58.6 Å². The van der Waals surface area contributed by atoms with Crippen molar-refractivity contribution in [2.75, 3.05) is 12.4 Å². The smallest absolute Gasteiger partial charge is 0.125 e. The number of benzene rings is 2. The fourth-order valence-electron chi connectivity index (χ4n) is 1.99. The third-order valence-corrected chi connectivity index (χ3v) is 3.45. The lowest BCUT2D eigenvalue weighted by molar-refractivity contribution is 0.410. The zero-order valence-corrected chi connectivity index (χ0v) is 12.0. The van der Waals surface area contributed by atoms with E-state index in [1.165, 1.54) is 5.56 Å². The van der Waals surface area contributed by atoms with Crippen molar-refractivity contribution in [1.29, 1.82) is 0 Å². The number of ether oxygens (including phenoxy) is 1. The first kappa shape index (κ1) is 13.8. The molecule has 0 atom stereocenters. The number of hydrogen-bond donors (Lipinski definition) is 1. The molecule has 0 fully saturated rings. The first-order chi connectivity index (χ1) is 9.24. The van der Waals surface area contributed by atoms with Crippen molar-refractivity contribution >= 4 is 17.3 Å². The molecular formula is C16H18ClNO. The van der Waals surface area contributed by atoms with Crippen molar-refractivity contribution < 1.29 is 4.74 Å². The van der Waals surface area contributed by atoms with Gasteiger partial charge in [0.05, 0.1) is 7.11 Å². The summed E-state index contributed by atoms with van der Waals surface area (Å²) < 4.78 is 5.34. The molecule has 0 aliphatic rings. The van der Waals surface area contributed by atoms with E-state index in [4.69, 9.17) is 16.3 Å². The van der Waals surface area contributed by atoms with Gasteiger partial charge < -0.3 is 10.1 Å². The Morgan fingerprint density at radius 2 is 1.95 bits per heavy atom. The van der Waals surface area contributed by atoms with E-state index in [1.54, 1.807) is 7.11 Å². The molecule has 0 saturated carbocycles. The first-order valence-corrected chi connectivity index (χ1v) is 6.76. The summed E-state index contributed by atoms with van der Waals surface area (Å²) in [5.41, 5.74) is 3.39. The van der Waals surface area contributed by atoms with Crippen LogP contribution < -0.4 is 10.1 Å². The molecule has 2 nitrogen and oxygen atoms in total. The molecule has 0 heterocycles. The lowest BCUT2D eigenvalue weighted by atomic mass is 10.1. The van der Waals surface area contributed by atoms with Crippen molar-refractivity contribution in [2.24, 2.45) is 0 Å². The molecule has 0 aromatic heterocycles. The predicted molar refractivity (Wildman–Crippen MR) is 81.2 cm³/mol. The number of methoxy groups -OCH3 is 1. The number of anilines is 1. The Hall–Kier alpha value is -1.67. The van der Waals surface area contributed by atoms with Gasteiger partial charge in [0.1, 0.15) is 5.75 Å². The largest absolute Gasteiger partial charge is 0.496 e. The summed E-state index contributed by atoms with van der Waals surface area (Å²) in [7, 11) is 1.66. The predicted octanol–water partition coefficient (Wildman–Crippen LogP) is 4.52. The number of aryl methyl sites for hydroxylation is 1. The van der Waals surface area contributed by atoms with Crippen LogP contribution >= 0.6 is 11.6 Å². The zero-order chi connectivity index (χ0) is 13.7. The van der Waals surface area contributed by atoms with Crippen molar-refractivity contribution in [3.8, 4) is 5.75 Å². The fraction of sp³-hybridized carbons (Fsp3) is 0.250. The topological polar surface area (TPSA) is 21.3 Å².